The summed E-state index contributed by atoms with van der Waals surface area (Å²) < 4.78 is 6.65. The minimum Gasteiger partial charge on any atom is -0.496 e. The van der Waals surface area contributed by atoms with Crippen LogP contribution in [0.25, 0.3) is 0 Å². The maximum Gasteiger partial charge on any atom is 0.123 e. The summed E-state index contributed by atoms with van der Waals surface area (Å²) in [6.07, 6.45) is 3.67. The second kappa shape index (κ2) is 8.16. The zero-order valence-corrected chi connectivity index (χ0v) is 14.9. The van der Waals surface area contributed by atoms with Crippen LogP contribution in [-0.2, 0) is 6.54 Å². The van der Waals surface area contributed by atoms with E-state index in [4.69, 9.17) is 4.74 Å². The van der Waals surface area contributed by atoms with Gasteiger partial charge in [-0.2, -0.15) is 0 Å². The number of nitrogens with one attached hydrogen (secondary N) is 1. The Bertz CT molecular complexity index is 452. The molecule has 0 aliphatic carbocycles. The summed E-state index contributed by atoms with van der Waals surface area (Å²) in [6, 6.07) is 7.51. The normalized spacial score (nSPS) is 23.2. The summed E-state index contributed by atoms with van der Waals surface area (Å²) >= 11 is 3.58. The van der Waals surface area contributed by atoms with Gasteiger partial charge in [0.05, 0.1) is 7.11 Å². The summed E-state index contributed by atoms with van der Waals surface area (Å²) in [5.41, 5.74) is 1.27. The van der Waals surface area contributed by atoms with Crippen molar-refractivity contribution in [3.63, 3.8) is 0 Å². The van der Waals surface area contributed by atoms with Gasteiger partial charge in [0.25, 0.3) is 0 Å². The Hall–Kier alpha value is -0.580. The predicted octanol–water partition coefficient (Wildman–Crippen LogP) is 3.81. The molecule has 0 radical (unpaired) electrons. The van der Waals surface area contributed by atoms with Crippen LogP contribution < -0.4 is 10.1 Å². The van der Waals surface area contributed by atoms with E-state index in [1.54, 1.807) is 7.11 Å². The van der Waals surface area contributed by atoms with Crippen LogP contribution in [0.15, 0.2) is 22.7 Å². The van der Waals surface area contributed by atoms with Gasteiger partial charge in [-0.1, -0.05) is 36.2 Å². The molecule has 2 rings (SSSR count). The van der Waals surface area contributed by atoms with Crippen molar-refractivity contribution in [2.24, 2.45) is 0 Å². The summed E-state index contributed by atoms with van der Waals surface area (Å²) in [7, 11) is 1.75. The smallest absolute Gasteiger partial charge is 0.123 e. The van der Waals surface area contributed by atoms with E-state index in [2.05, 4.69) is 46.1 Å². The van der Waals surface area contributed by atoms with Crippen LogP contribution in [0.2, 0.25) is 0 Å². The SMILES string of the molecule is CCCC1CNC(CC)CN1Cc1cc(Br)ccc1OC. The molecule has 4 heteroatoms. The molecule has 0 saturated carbocycles. The molecular weight excluding hydrogens is 328 g/mol. The second-order valence-electron chi connectivity index (χ2n) is 5.84. The zero-order valence-electron chi connectivity index (χ0n) is 13.4. The maximum absolute atomic E-state index is 5.53. The van der Waals surface area contributed by atoms with Gasteiger partial charge in [-0.15, -0.1) is 0 Å². The van der Waals surface area contributed by atoms with Crippen molar-refractivity contribution in [2.45, 2.75) is 51.7 Å². The molecular formula is C17H27BrN2O. The van der Waals surface area contributed by atoms with Crippen LogP contribution in [0.3, 0.4) is 0 Å². The van der Waals surface area contributed by atoms with Crippen molar-refractivity contribution in [3.05, 3.63) is 28.2 Å². The van der Waals surface area contributed by atoms with Gasteiger partial charge >= 0.3 is 0 Å². The van der Waals surface area contributed by atoms with Crippen molar-refractivity contribution in [1.82, 2.24) is 10.2 Å². The molecule has 0 aromatic heterocycles. The van der Waals surface area contributed by atoms with Gasteiger partial charge in [0.15, 0.2) is 0 Å². The number of piperazine rings is 1. The Morgan fingerprint density at radius 1 is 1.38 bits per heavy atom. The molecule has 0 bridgehead atoms. The van der Waals surface area contributed by atoms with E-state index in [1.165, 1.54) is 24.8 Å². The number of ether oxygens (including phenoxy) is 1. The fourth-order valence-electron chi connectivity index (χ4n) is 3.10. The Morgan fingerprint density at radius 2 is 2.19 bits per heavy atom. The average Bonchev–Trinajstić information content (AvgIpc) is 2.49. The molecule has 3 nitrogen and oxygen atoms in total. The van der Waals surface area contributed by atoms with E-state index < -0.39 is 0 Å². The largest absolute Gasteiger partial charge is 0.496 e. The van der Waals surface area contributed by atoms with Crippen molar-refractivity contribution < 1.29 is 4.74 Å². The van der Waals surface area contributed by atoms with E-state index in [0.717, 1.165) is 29.9 Å². The van der Waals surface area contributed by atoms with Crippen LogP contribution in [0.1, 0.15) is 38.7 Å². The molecule has 2 atom stereocenters. The van der Waals surface area contributed by atoms with Gasteiger partial charge in [-0.05, 0) is 31.0 Å². The van der Waals surface area contributed by atoms with E-state index in [-0.39, 0.29) is 0 Å². The van der Waals surface area contributed by atoms with Crippen molar-refractivity contribution in [3.8, 4) is 5.75 Å². The second-order valence-corrected chi connectivity index (χ2v) is 6.76. The third-order valence-electron chi connectivity index (χ3n) is 4.34. The lowest BCUT2D eigenvalue weighted by atomic mass is 10.0. The summed E-state index contributed by atoms with van der Waals surface area (Å²) in [5.74, 6) is 0.986. The molecule has 2 unspecified atom stereocenters. The Kier molecular flexibility index (Phi) is 6.52. The molecule has 118 valence electrons. The lowest BCUT2D eigenvalue weighted by Crippen LogP contribution is -2.55. The first-order valence-corrected chi connectivity index (χ1v) is 8.77. The average molecular weight is 355 g/mol. The molecule has 1 heterocycles. The van der Waals surface area contributed by atoms with Crippen LogP contribution >= 0.6 is 15.9 Å². The number of methoxy groups -OCH3 is 1. The monoisotopic (exact) mass is 354 g/mol. The number of nitrogens with zero attached hydrogens (tertiary/aromatic N) is 1. The fraction of sp³-hybridized carbons (Fsp3) is 0.647. The lowest BCUT2D eigenvalue weighted by molar-refractivity contribution is 0.112. The molecule has 1 aromatic carbocycles. The molecule has 1 aliphatic heterocycles. The first-order valence-electron chi connectivity index (χ1n) is 7.97. The predicted molar refractivity (Wildman–Crippen MR) is 91.9 cm³/mol. The van der Waals surface area contributed by atoms with E-state index in [1.807, 2.05) is 12.1 Å². The molecule has 0 spiro atoms. The first kappa shape index (κ1) is 16.8. The van der Waals surface area contributed by atoms with Crippen molar-refractivity contribution in [2.75, 3.05) is 20.2 Å². The zero-order chi connectivity index (χ0) is 15.2. The van der Waals surface area contributed by atoms with Crippen molar-refractivity contribution >= 4 is 15.9 Å². The molecule has 21 heavy (non-hydrogen) atoms. The quantitative estimate of drug-likeness (QED) is 0.840. The molecule has 1 aromatic rings. The number of hydrogen-bond donors (Lipinski definition) is 1. The van der Waals surface area contributed by atoms with Gasteiger partial charge in [0, 0.05) is 41.8 Å². The van der Waals surface area contributed by atoms with Gasteiger partial charge < -0.3 is 10.1 Å². The minimum absolute atomic E-state index is 0.608. The van der Waals surface area contributed by atoms with E-state index in [0.29, 0.717) is 12.1 Å². The third-order valence-corrected chi connectivity index (χ3v) is 4.84. The van der Waals surface area contributed by atoms with Gasteiger partial charge in [-0.25, -0.2) is 0 Å². The topological polar surface area (TPSA) is 24.5 Å². The summed E-state index contributed by atoms with van der Waals surface area (Å²) in [4.78, 5) is 2.62. The van der Waals surface area contributed by atoms with Gasteiger partial charge in [0.2, 0.25) is 0 Å². The highest BCUT2D eigenvalue weighted by Gasteiger charge is 2.27. The summed E-state index contributed by atoms with van der Waals surface area (Å²) in [5, 5.41) is 3.68. The Balaban J connectivity index is 2.15. The van der Waals surface area contributed by atoms with Gasteiger partial charge in [0.1, 0.15) is 5.75 Å². The molecule has 1 saturated heterocycles. The number of rotatable bonds is 6. The van der Waals surface area contributed by atoms with Crippen LogP contribution in [0, 0.1) is 0 Å². The van der Waals surface area contributed by atoms with Crippen LogP contribution in [0.4, 0.5) is 0 Å². The molecule has 1 aliphatic rings. The fourth-order valence-corrected chi connectivity index (χ4v) is 3.51. The van der Waals surface area contributed by atoms with E-state index >= 15 is 0 Å². The summed E-state index contributed by atoms with van der Waals surface area (Å²) in [6.45, 7) is 7.71. The maximum atomic E-state index is 5.53. The Labute approximate surface area is 137 Å². The molecule has 1 fully saturated rings. The number of benzene rings is 1. The van der Waals surface area contributed by atoms with E-state index in [9.17, 15) is 0 Å². The highest BCUT2D eigenvalue weighted by molar-refractivity contribution is 9.10. The lowest BCUT2D eigenvalue weighted by Gasteiger charge is -2.40. The van der Waals surface area contributed by atoms with Gasteiger partial charge in [-0.3, -0.25) is 4.90 Å². The molecule has 0 amide bonds. The third kappa shape index (κ3) is 4.44. The van der Waals surface area contributed by atoms with Crippen LogP contribution in [-0.4, -0.2) is 37.2 Å². The first-order chi connectivity index (χ1) is 10.2. The Morgan fingerprint density at radius 3 is 2.86 bits per heavy atom. The number of halogens is 1. The standard InChI is InChI=1S/C17H27BrN2O/c1-4-6-16-10-19-15(5-2)12-20(16)11-13-9-14(18)7-8-17(13)21-3/h7-9,15-16,19H,4-6,10-12H2,1-3H3. The molecule has 1 N–H and O–H groups in total. The van der Waals surface area contributed by atoms with Crippen LogP contribution in [0.5, 0.6) is 5.75 Å². The van der Waals surface area contributed by atoms with Crippen molar-refractivity contribution in [1.29, 1.82) is 0 Å². The number of hydrogen-bond acceptors (Lipinski definition) is 3. The minimum atomic E-state index is 0.608. The highest BCUT2D eigenvalue weighted by atomic mass is 79.9. The highest BCUT2D eigenvalue weighted by Crippen LogP contribution is 2.26.